The van der Waals surface area contributed by atoms with Gasteiger partial charge < -0.3 is 15.5 Å². The van der Waals surface area contributed by atoms with E-state index >= 15 is 0 Å². The number of piperidine rings is 1. The molecule has 92 valence electrons. The fourth-order valence-electron chi connectivity index (χ4n) is 2.65. The maximum Gasteiger partial charge on any atom is 0.237 e. The quantitative estimate of drug-likeness (QED) is 0.728. The number of carbonyl (C=O) groups excluding carboxylic acids is 1. The first-order valence-electron chi connectivity index (χ1n) is 6.48. The van der Waals surface area contributed by atoms with Crippen molar-refractivity contribution in [3.63, 3.8) is 0 Å². The molecule has 16 heavy (non-hydrogen) atoms. The van der Waals surface area contributed by atoms with Gasteiger partial charge >= 0.3 is 0 Å². The lowest BCUT2D eigenvalue weighted by Gasteiger charge is -2.32. The van der Waals surface area contributed by atoms with Crippen LogP contribution in [0.5, 0.6) is 0 Å². The van der Waals surface area contributed by atoms with Crippen molar-refractivity contribution in [2.24, 2.45) is 0 Å². The van der Waals surface area contributed by atoms with E-state index in [0.717, 1.165) is 25.9 Å². The largest absolute Gasteiger partial charge is 0.353 e. The molecule has 4 heteroatoms. The van der Waals surface area contributed by atoms with Crippen LogP contribution in [0.4, 0.5) is 0 Å². The molecule has 2 heterocycles. The summed E-state index contributed by atoms with van der Waals surface area (Å²) in [5.74, 6) is 0.191. The predicted molar refractivity (Wildman–Crippen MR) is 64.3 cm³/mol. The summed E-state index contributed by atoms with van der Waals surface area (Å²) in [5, 5.41) is 6.31. The topological polar surface area (TPSA) is 44.4 Å². The summed E-state index contributed by atoms with van der Waals surface area (Å²) in [6.07, 6.45) is 5.93. The van der Waals surface area contributed by atoms with Crippen molar-refractivity contribution in [3.05, 3.63) is 0 Å². The van der Waals surface area contributed by atoms with Gasteiger partial charge in [-0.05, 0) is 45.8 Å². The first-order valence-corrected chi connectivity index (χ1v) is 6.48. The third kappa shape index (κ3) is 2.95. The van der Waals surface area contributed by atoms with Crippen LogP contribution in [0.1, 0.15) is 32.1 Å². The number of hydrogen-bond acceptors (Lipinski definition) is 3. The summed E-state index contributed by atoms with van der Waals surface area (Å²) in [5.41, 5.74) is 0. The fourth-order valence-corrected chi connectivity index (χ4v) is 2.65. The van der Waals surface area contributed by atoms with Gasteiger partial charge in [-0.15, -0.1) is 0 Å². The first kappa shape index (κ1) is 11.9. The highest BCUT2D eigenvalue weighted by Crippen LogP contribution is 2.14. The Bertz CT molecular complexity index is 238. The molecular weight excluding hydrogens is 202 g/mol. The van der Waals surface area contributed by atoms with Gasteiger partial charge in [-0.25, -0.2) is 0 Å². The Morgan fingerprint density at radius 2 is 2.25 bits per heavy atom. The molecule has 2 aliphatic rings. The molecule has 0 aromatic heterocycles. The molecule has 0 aromatic carbocycles. The Hall–Kier alpha value is -0.610. The average molecular weight is 225 g/mol. The Kier molecular flexibility index (Phi) is 4.18. The Labute approximate surface area is 97.8 Å². The number of amides is 1. The van der Waals surface area contributed by atoms with Crippen LogP contribution in [0.3, 0.4) is 0 Å². The number of likely N-dealkylation sites (N-methyl/N-ethyl adjacent to an activating group) is 1. The zero-order chi connectivity index (χ0) is 11.4. The van der Waals surface area contributed by atoms with Gasteiger partial charge in [0.1, 0.15) is 0 Å². The SMILES string of the molecule is CN1CCCCC1CNC(=O)[C@@H]1CCCN1. The van der Waals surface area contributed by atoms with E-state index in [2.05, 4.69) is 22.6 Å². The molecule has 2 saturated heterocycles. The maximum absolute atomic E-state index is 11.8. The summed E-state index contributed by atoms with van der Waals surface area (Å²) in [7, 11) is 2.16. The predicted octanol–water partition coefficient (Wildman–Crippen LogP) is 0.339. The molecule has 2 N–H and O–H groups in total. The van der Waals surface area contributed by atoms with Gasteiger partial charge in [0.05, 0.1) is 6.04 Å². The average Bonchev–Trinajstić information content (AvgIpc) is 2.81. The maximum atomic E-state index is 11.8. The minimum absolute atomic E-state index is 0.0638. The second-order valence-electron chi connectivity index (χ2n) is 5.02. The normalized spacial score (nSPS) is 31.6. The van der Waals surface area contributed by atoms with Gasteiger partial charge in [-0.2, -0.15) is 0 Å². The lowest BCUT2D eigenvalue weighted by Crippen LogP contribution is -2.48. The zero-order valence-electron chi connectivity index (χ0n) is 10.2. The number of rotatable bonds is 3. The molecule has 2 aliphatic heterocycles. The van der Waals surface area contributed by atoms with Crippen molar-refractivity contribution < 1.29 is 4.79 Å². The van der Waals surface area contributed by atoms with Crippen molar-refractivity contribution in [2.75, 3.05) is 26.7 Å². The number of hydrogen-bond donors (Lipinski definition) is 2. The van der Waals surface area contributed by atoms with Crippen LogP contribution < -0.4 is 10.6 Å². The monoisotopic (exact) mass is 225 g/mol. The van der Waals surface area contributed by atoms with Crippen LogP contribution in [0.15, 0.2) is 0 Å². The van der Waals surface area contributed by atoms with Crippen LogP contribution in [-0.4, -0.2) is 49.6 Å². The zero-order valence-corrected chi connectivity index (χ0v) is 10.2. The Morgan fingerprint density at radius 1 is 1.38 bits per heavy atom. The number of nitrogens with one attached hydrogen (secondary N) is 2. The van der Waals surface area contributed by atoms with E-state index in [-0.39, 0.29) is 11.9 Å². The van der Waals surface area contributed by atoms with Crippen molar-refractivity contribution >= 4 is 5.91 Å². The van der Waals surface area contributed by atoms with E-state index in [1.165, 1.54) is 25.8 Å². The number of likely N-dealkylation sites (tertiary alicyclic amines) is 1. The number of carbonyl (C=O) groups is 1. The van der Waals surface area contributed by atoms with E-state index in [1.54, 1.807) is 0 Å². The third-order valence-corrected chi connectivity index (χ3v) is 3.81. The molecule has 0 aromatic rings. The van der Waals surface area contributed by atoms with E-state index in [9.17, 15) is 4.79 Å². The highest BCUT2D eigenvalue weighted by Gasteiger charge is 2.24. The van der Waals surface area contributed by atoms with Crippen LogP contribution in [0, 0.1) is 0 Å². The summed E-state index contributed by atoms with van der Waals surface area (Å²) in [6, 6.07) is 0.605. The van der Waals surface area contributed by atoms with Crippen LogP contribution in [0.25, 0.3) is 0 Å². The molecule has 0 radical (unpaired) electrons. The standard InChI is InChI=1S/C12H23N3O/c1-15-8-3-2-5-10(15)9-14-12(16)11-6-4-7-13-11/h10-11,13H,2-9H2,1H3,(H,14,16)/t10?,11-/m0/s1. The summed E-state index contributed by atoms with van der Waals surface area (Å²) < 4.78 is 0. The summed E-state index contributed by atoms with van der Waals surface area (Å²) in [4.78, 5) is 14.2. The van der Waals surface area contributed by atoms with Crippen molar-refractivity contribution in [2.45, 2.75) is 44.2 Å². The molecule has 2 rings (SSSR count). The van der Waals surface area contributed by atoms with Gasteiger partial charge in [0.2, 0.25) is 5.91 Å². The molecule has 0 saturated carbocycles. The Morgan fingerprint density at radius 3 is 2.94 bits per heavy atom. The minimum atomic E-state index is 0.0638. The molecule has 0 aliphatic carbocycles. The molecule has 2 fully saturated rings. The molecular formula is C12H23N3O. The van der Waals surface area contributed by atoms with Crippen molar-refractivity contribution in [1.82, 2.24) is 15.5 Å². The molecule has 1 amide bonds. The van der Waals surface area contributed by atoms with E-state index < -0.39 is 0 Å². The second kappa shape index (κ2) is 5.64. The molecule has 2 atom stereocenters. The van der Waals surface area contributed by atoms with E-state index in [4.69, 9.17) is 0 Å². The van der Waals surface area contributed by atoms with Gasteiger partial charge in [-0.3, -0.25) is 4.79 Å². The molecule has 4 nitrogen and oxygen atoms in total. The van der Waals surface area contributed by atoms with Crippen molar-refractivity contribution in [3.8, 4) is 0 Å². The summed E-state index contributed by atoms with van der Waals surface area (Å²) >= 11 is 0. The van der Waals surface area contributed by atoms with E-state index in [1.807, 2.05) is 0 Å². The third-order valence-electron chi connectivity index (χ3n) is 3.81. The van der Waals surface area contributed by atoms with E-state index in [0.29, 0.717) is 6.04 Å². The second-order valence-corrected chi connectivity index (χ2v) is 5.02. The molecule has 0 bridgehead atoms. The highest BCUT2D eigenvalue weighted by atomic mass is 16.2. The van der Waals surface area contributed by atoms with Crippen molar-refractivity contribution in [1.29, 1.82) is 0 Å². The van der Waals surface area contributed by atoms with Gasteiger partial charge in [0.25, 0.3) is 0 Å². The first-order chi connectivity index (χ1) is 7.77. The minimum Gasteiger partial charge on any atom is -0.353 e. The van der Waals surface area contributed by atoms with Gasteiger partial charge in [0, 0.05) is 12.6 Å². The van der Waals surface area contributed by atoms with Crippen LogP contribution in [-0.2, 0) is 4.79 Å². The lowest BCUT2D eigenvalue weighted by molar-refractivity contribution is -0.123. The number of nitrogens with zero attached hydrogens (tertiary/aromatic N) is 1. The van der Waals surface area contributed by atoms with Gasteiger partial charge in [-0.1, -0.05) is 6.42 Å². The smallest absolute Gasteiger partial charge is 0.237 e. The molecule has 0 spiro atoms. The van der Waals surface area contributed by atoms with Gasteiger partial charge in [0.15, 0.2) is 0 Å². The molecule has 1 unspecified atom stereocenters. The highest BCUT2D eigenvalue weighted by molar-refractivity contribution is 5.82. The lowest BCUT2D eigenvalue weighted by atomic mass is 10.0. The fraction of sp³-hybridized carbons (Fsp3) is 0.917. The summed E-state index contributed by atoms with van der Waals surface area (Å²) in [6.45, 7) is 2.97. The van der Waals surface area contributed by atoms with Crippen LogP contribution in [0.2, 0.25) is 0 Å². The Balaban J connectivity index is 1.71. The van der Waals surface area contributed by atoms with Crippen LogP contribution >= 0.6 is 0 Å².